The van der Waals surface area contributed by atoms with Gasteiger partial charge in [-0.25, -0.2) is 0 Å². The Balaban J connectivity index is 1.89. The second kappa shape index (κ2) is 7.46. The molecule has 21 heavy (non-hydrogen) atoms. The van der Waals surface area contributed by atoms with Gasteiger partial charge < -0.3 is 15.4 Å². The summed E-state index contributed by atoms with van der Waals surface area (Å²) in [5.41, 5.74) is 6.75. The Morgan fingerprint density at radius 1 is 1.38 bits per heavy atom. The average Bonchev–Trinajstić information content (AvgIpc) is 2.95. The van der Waals surface area contributed by atoms with E-state index >= 15 is 0 Å². The van der Waals surface area contributed by atoms with E-state index in [2.05, 4.69) is 13.8 Å². The van der Waals surface area contributed by atoms with Crippen LogP contribution in [0.1, 0.15) is 32.3 Å². The predicted octanol–water partition coefficient (Wildman–Crippen LogP) is 2.21. The first kappa shape index (κ1) is 15.8. The number of benzene rings is 1. The molecule has 1 aliphatic rings. The summed E-state index contributed by atoms with van der Waals surface area (Å²) in [6.45, 7) is 6.36. The molecule has 0 aliphatic carbocycles. The highest BCUT2D eigenvalue weighted by molar-refractivity contribution is 5.79. The van der Waals surface area contributed by atoms with E-state index in [4.69, 9.17) is 10.5 Å². The molecular weight excluding hydrogens is 264 g/mol. The number of nitrogens with zero attached hydrogens (tertiary/aromatic N) is 1. The van der Waals surface area contributed by atoms with Gasteiger partial charge in [-0.2, -0.15) is 0 Å². The van der Waals surface area contributed by atoms with Gasteiger partial charge in [-0.05, 0) is 36.5 Å². The van der Waals surface area contributed by atoms with Gasteiger partial charge in [0.2, 0.25) is 5.91 Å². The van der Waals surface area contributed by atoms with Gasteiger partial charge in [-0.3, -0.25) is 4.79 Å². The molecule has 2 N–H and O–H groups in total. The second-order valence-corrected chi connectivity index (χ2v) is 6.14. The molecule has 1 unspecified atom stereocenters. The Bertz CT molecular complexity index is 456. The van der Waals surface area contributed by atoms with Gasteiger partial charge in [-0.1, -0.05) is 26.0 Å². The van der Waals surface area contributed by atoms with Crippen LogP contribution in [0, 0.1) is 5.92 Å². The van der Waals surface area contributed by atoms with Crippen LogP contribution >= 0.6 is 0 Å². The summed E-state index contributed by atoms with van der Waals surface area (Å²) in [6.07, 6.45) is 2.54. The Morgan fingerprint density at radius 3 is 2.71 bits per heavy atom. The summed E-state index contributed by atoms with van der Waals surface area (Å²) >= 11 is 0. The number of nitrogens with two attached hydrogens (primary N) is 1. The molecule has 0 saturated carbocycles. The third-order valence-electron chi connectivity index (χ3n) is 3.83. The molecule has 0 aromatic heterocycles. The van der Waals surface area contributed by atoms with E-state index in [-0.39, 0.29) is 11.9 Å². The summed E-state index contributed by atoms with van der Waals surface area (Å²) in [5, 5.41) is 0. The zero-order chi connectivity index (χ0) is 15.2. The number of hydrogen-bond acceptors (Lipinski definition) is 3. The molecule has 1 aromatic rings. The van der Waals surface area contributed by atoms with Crippen molar-refractivity contribution in [1.82, 2.24) is 4.90 Å². The average molecular weight is 290 g/mol. The Morgan fingerprint density at radius 2 is 2.10 bits per heavy atom. The Labute approximate surface area is 127 Å². The lowest BCUT2D eigenvalue weighted by Gasteiger charge is -2.23. The summed E-state index contributed by atoms with van der Waals surface area (Å²) in [4.78, 5) is 14.3. The number of rotatable bonds is 6. The third kappa shape index (κ3) is 4.46. The van der Waals surface area contributed by atoms with Crippen molar-refractivity contribution in [3.8, 4) is 5.75 Å². The highest BCUT2D eigenvalue weighted by atomic mass is 16.5. The minimum absolute atomic E-state index is 0.179. The molecule has 0 bridgehead atoms. The topological polar surface area (TPSA) is 55.6 Å². The van der Waals surface area contributed by atoms with Gasteiger partial charge >= 0.3 is 0 Å². The van der Waals surface area contributed by atoms with E-state index in [9.17, 15) is 4.79 Å². The van der Waals surface area contributed by atoms with Crippen molar-refractivity contribution in [2.75, 3.05) is 19.7 Å². The largest absolute Gasteiger partial charge is 0.493 e. The van der Waals surface area contributed by atoms with Crippen LogP contribution in [0.5, 0.6) is 5.75 Å². The first-order chi connectivity index (χ1) is 10.1. The Kier molecular flexibility index (Phi) is 5.62. The van der Waals surface area contributed by atoms with Crippen LogP contribution in [0.3, 0.4) is 0 Å². The van der Waals surface area contributed by atoms with Crippen molar-refractivity contribution in [1.29, 1.82) is 0 Å². The van der Waals surface area contributed by atoms with E-state index in [1.54, 1.807) is 0 Å². The normalized spacial score (nSPS) is 18.3. The molecule has 1 heterocycles. The summed E-state index contributed by atoms with van der Waals surface area (Å²) in [6, 6.07) is 8.05. The van der Waals surface area contributed by atoms with Gasteiger partial charge in [0.1, 0.15) is 5.75 Å². The minimum Gasteiger partial charge on any atom is -0.493 e. The molecule has 4 heteroatoms. The fourth-order valence-electron chi connectivity index (χ4n) is 2.65. The maximum Gasteiger partial charge on any atom is 0.227 e. The van der Waals surface area contributed by atoms with Crippen molar-refractivity contribution < 1.29 is 9.53 Å². The lowest BCUT2D eigenvalue weighted by Crippen LogP contribution is -2.40. The van der Waals surface area contributed by atoms with E-state index in [0.717, 1.165) is 30.7 Å². The van der Waals surface area contributed by atoms with Crippen LogP contribution in [0.25, 0.3) is 0 Å². The lowest BCUT2D eigenvalue weighted by atomic mass is 10.1. The van der Waals surface area contributed by atoms with Crippen LogP contribution in [-0.4, -0.2) is 36.5 Å². The zero-order valence-electron chi connectivity index (χ0n) is 13.0. The highest BCUT2D eigenvalue weighted by Gasteiger charge is 2.27. The number of carbonyl (C=O) groups is 1. The summed E-state index contributed by atoms with van der Waals surface area (Å²) in [5.74, 6) is 1.55. The molecule has 1 saturated heterocycles. The molecule has 1 amide bonds. The summed E-state index contributed by atoms with van der Waals surface area (Å²) < 4.78 is 5.65. The van der Waals surface area contributed by atoms with Crippen molar-refractivity contribution in [2.24, 2.45) is 11.7 Å². The zero-order valence-corrected chi connectivity index (χ0v) is 13.0. The fraction of sp³-hybridized carbons (Fsp3) is 0.588. The molecule has 116 valence electrons. The van der Waals surface area contributed by atoms with E-state index < -0.39 is 0 Å². The smallest absolute Gasteiger partial charge is 0.227 e. The van der Waals surface area contributed by atoms with E-state index in [1.165, 1.54) is 0 Å². The van der Waals surface area contributed by atoms with Crippen molar-refractivity contribution in [2.45, 2.75) is 39.2 Å². The van der Waals surface area contributed by atoms with Gasteiger partial charge in [0, 0.05) is 19.1 Å². The molecule has 1 fully saturated rings. The first-order valence-electron chi connectivity index (χ1n) is 7.81. The quantitative estimate of drug-likeness (QED) is 0.874. The van der Waals surface area contributed by atoms with Crippen molar-refractivity contribution in [3.63, 3.8) is 0 Å². The van der Waals surface area contributed by atoms with Crippen LogP contribution in [-0.2, 0) is 11.2 Å². The molecule has 2 rings (SSSR count). The maximum atomic E-state index is 12.3. The standard InChI is InChI=1S/C17H26N2O2/c1-13(2)12-21-16-7-5-14(6-8-16)10-17(20)19-9-3-4-15(19)11-18/h5-8,13,15H,3-4,9-12,18H2,1-2H3. The monoisotopic (exact) mass is 290 g/mol. The first-order valence-corrected chi connectivity index (χ1v) is 7.81. The fourth-order valence-corrected chi connectivity index (χ4v) is 2.65. The van der Waals surface area contributed by atoms with Gasteiger partial charge in [0.15, 0.2) is 0 Å². The van der Waals surface area contributed by atoms with Crippen LogP contribution in [0.2, 0.25) is 0 Å². The van der Waals surface area contributed by atoms with E-state index in [1.807, 2.05) is 29.2 Å². The van der Waals surface area contributed by atoms with Crippen LogP contribution in [0.15, 0.2) is 24.3 Å². The van der Waals surface area contributed by atoms with Gasteiger partial charge in [-0.15, -0.1) is 0 Å². The second-order valence-electron chi connectivity index (χ2n) is 6.14. The Hall–Kier alpha value is -1.55. The maximum absolute atomic E-state index is 12.3. The molecule has 1 atom stereocenters. The predicted molar refractivity (Wildman–Crippen MR) is 84.3 cm³/mol. The van der Waals surface area contributed by atoms with Crippen molar-refractivity contribution >= 4 is 5.91 Å². The minimum atomic E-state index is 0.179. The lowest BCUT2D eigenvalue weighted by molar-refractivity contribution is -0.131. The molecule has 1 aliphatic heterocycles. The number of ether oxygens (including phenoxy) is 1. The summed E-state index contributed by atoms with van der Waals surface area (Å²) in [7, 11) is 0. The van der Waals surface area contributed by atoms with Crippen molar-refractivity contribution in [3.05, 3.63) is 29.8 Å². The van der Waals surface area contributed by atoms with Crippen LogP contribution in [0.4, 0.5) is 0 Å². The molecule has 0 spiro atoms. The number of carbonyl (C=O) groups excluding carboxylic acids is 1. The highest BCUT2D eigenvalue weighted by Crippen LogP contribution is 2.19. The van der Waals surface area contributed by atoms with E-state index in [0.29, 0.717) is 25.5 Å². The molecule has 0 radical (unpaired) electrons. The third-order valence-corrected chi connectivity index (χ3v) is 3.83. The van der Waals surface area contributed by atoms with Gasteiger partial charge in [0.25, 0.3) is 0 Å². The number of amides is 1. The molecular formula is C17H26N2O2. The van der Waals surface area contributed by atoms with Gasteiger partial charge in [0.05, 0.1) is 13.0 Å². The number of hydrogen-bond donors (Lipinski definition) is 1. The number of likely N-dealkylation sites (tertiary alicyclic amines) is 1. The van der Waals surface area contributed by atoms with Crippen LogP contribution < -0.4 is 10.5 Å². The molecule has 1 aromatic carbocycles. The molecule has 4 nitrogen and oxygen atoms in total. The SMILES string of the molecule is CC(C)COc1ccc(CC(=O)N2CCCC2CN)cc1.